The van der Waals surface area contributed by atoms with Crippen LogP contribution in [-0.2, 0) is 6.54 Å². The van der Waals surface area contributed by atoms with Crippen molar-refractivity contribution < 1.29 is 9.72 Å². The molecule has 0 fully saturated rings. The van der Waals surface area contributed by atoms with Gasteiger partial charge >= 0.3 is 0 Å². The summed E-state index contributed by atoms with van der Waals surface area (Å²) in [6, 6.07) is 23.2. The Kier molecular flexibility index (Phi) is 5.77. The standard InChI is InChI=1S/C23H17ClN4O3/c24-18-11-12-20(21(13-18)28(30)31)23(29)25-14-17-15-27(19-9-5-2-6-10-19)26-22(17)16-7-3-1-4-8-16/h1-13,15H,14H2,(H,25,29). The first-order valence-corrected chi connectivity index (χ1v) is 9.82. The van der Waals surface area contributed by atoms with Gasteiger partial charge in [0.25, 0.3) is 11.6 Å². The number of nitrogens with zero attached hydrogens (tertiary/aromatic N) is 3. The summed E-state index contributed by atoms with van der Waals surface area (Å²) in [6.07, 6.45) is 1.84. The van der Waals surface area contributed by atoms with Crippen molar-refractivity contribution in [1.29, 1.82) is 0 Å². The highest BCUT2D eigenvalue weighted by atomic mass is 35.5. The van der Waals surface area contributed by atoms with E-state index < -0.39 is 10.8 Å². The van der Waals surface area contributed by atoms with Gasteiger partial charge in [-0.1, -0.05) is 60.1 Å². The second-order valence-corrected chi connectivity index (χ2v) is 7.19. The van der Waals surface area contributed by atoms with Gasteiger partial charge < -0.3 is 5.32 Å². The highest BCUT2D eigenvalue weighted by Crippen LogP contribution is 2.25. The third-order valence-corrected chi connectivity index (χ3v) is 4.93. The van der Waals surface area contributed by atoms with Crippen molar-refractivity contribution in [2.24, 2.45) is 0 Å². The van der Waals surface area contributed by atoms with Gasteiger partial charge in [0.15, 0.2) is 0 Å². The van der Waals surface area contributed by atoms with E-state index in [2.05, 4.69) is 5.32 Å². The first kappa shape index (κ1) is 20.3. The van der Waals surface area contributed by atoms with Crippen LogP contribution >= 0.6 is 11.6 Å². The summed E-state index contributed by atoms with van der Waals surface area (Å²) in [5, 5.41) is 19.0. The lowest BCUT2D eigenvalue weighted by atomic mass is 10.1. The molecule has 31 heavy (non-hydrogen) atoms. The molecule has 0 aliphatic heterocycles. The number of para-hydroxylation sites is 1. The molecule has 0 aliphatic carbocycles. The topological polar surface area (TPSA) is 90.1 Å². The minimum absolute atomic E-state index is 0.0499. The Morgan fingerprint density at radius 2 is 1.71 bits per heavy atom. The zero-order chi connectivity index (χ0) is 21.8. The van der Waals surface area contributed by atoms with Crippen molar-refractivity contribution in [2.75, 3.05) is 0 Å². The summed E-state index contributed by atoms with van der Waals surface area (Å²) in [7, 11) is 0. The maximum absolute atomic E-state index is 12.7. The molecule has 1 heterocycles. The van der Waals surface area contributed by atoms with E-state index in [-0.39, 0.29) is 22.8 Å². The zero-order valence-corrected chi connectivity index (χ0v) is 17.0. The molecule has 0 spiro atoms. The van der Waals surface area contributed by atoms with Gasteiger partial charge in [0, 0.05) is 35.0 Å². The molecule has 3 aromatic carbocycles. The Morgan fingerprint density at radius 1 is 1.03 bits per heavy atom. The Morgan fingerprint density at radius 3 is 2.39 bits per heavy atom. The van der Waals surface area contributed by atoms with E-state index in [9.17, 15) is 14.9 Å². The second-order valence-electron chi connectivity index (χ2n) is 6.75. The first-order valence-electron chi connectivity index (χ1n) is 9.44. The average Bonchev–Trinajstić information content (AvgIpc) is 3.23. The number of amides is 1. The molecule has 0 atom stereocenters. The zero-order valence-electron chi connectivity index (χ0n) is 16.2. The lowest BCUT2D eigenvalue weighted by Gasteiger charge is -2.07. The first-order chi connectivity index (χ1) is 15.0. The molecule has 0 radical (unpaired) electrons. The summed E-state index contributed by atoms with van der Waals surface area (Å²) in [6.45, 7) is 0.148. The summed E-state index contributed by atoms with van der Waals surface area (Å²) in [5.74, 6) is -0.560. The number of aromatic nitrogens is 2. The number of carbonyl (C=O) groups excluding carboxylic acids is 1. The van der Waals surface area contributed by atoms with E-state index in [1.807, 2.05) is 66.9 Å². The highest BCUT2D eigenvalue weighted by molar-refractivity contribution is 6.31. The van der Waals surface area contributed by atoms with Crippen molar-refractivity contribution in [3.8, 4) is 16.9 Å². The fourth-order valence-electron chi connectivity index (χ4n) is 3.21. The quantitative estimate of drug-likeness (QED) is 0.341. The molecule has 4 aromatic rings. The van der Waals surface area contributed by atoms with E-state index in [1.54, 1.807) is 4.68 Å². The fourth-order valence-corrected chi connectivity index (χ4v) is 3.38. The number of nitro benzene ring substituents is 1. The molecular weight excluding hydrogens is 416 g/mol. The van der Waals surface area contributed by atoms with Crippen molar-refractivity contribution in [3.63, 3.8) is 0 Å². The van der Waals surface area contributed by atoms with Crippen LogP contribution in [-0.4, -0.2) is 20.6 Å². The average molecular weight is 433 g/mol. The van der Waals surface area contributed by atoms with Crippen molar-refractivity contribution in [1.82, 2.24) is 15.1 Å². The third kappa shape index (κ3) is 4.46. The lowest BCUT2D eigenvalue weighted by Crippen LogP contribution is -2.23. The van der Waals surface area contributed by atoms with Crippen molar-refractivity contribution >= 4 is 23.2 Å². The minimum atomic E-state index is -0.621. The number of benzene rings is 3. The van der Waals surface area contributed by atoms with Crippen LogP contribution in [0.15, 0.2) is 85.1 Å². The van der Waals surface area contributed by atoms with E-state index in [0.717, 1.165) is 22.5 Å². The molecule has 1 aromatic heterocycles. The van der Waals surface area contributed by atoms with Gasteiger partial charge in [-0.15, -0.1) is 0 Å². The molecule has 1 N–H and O–H groups in total. The summed E-state index contributed by atoms with van der Waals surface area (Å²) >= 11 is 5.84. The van der Waals surface area contributed by atoms with Crippen LogP contribution in [0.2, 0.25) is 5.02 Å². The SMILES string of the molecule is O=C(NCc1cn(-c2ccccc2)nc1-c1ccccc1)c1ccc(Cl)cc1[N+](=O)[O-]. The monoisotopic (exact) mass is 432 g/mol. The van der Waals surface area contributed by atoms with Gasteiger partial charge in [0.05, 0.1) is 16.3 Å². The predicted octanol–water partition coefficient (Wildman–Crippen LogP) is 5.03. The predicted molar refractivity (Wildman–Crippen MR) is 118 cm³/mol. The smallest absolute Gasteiger partial charge is 0.283 e. The minimum Gasteiger partial charge on any atom is -0.348 e. The van der Waals surface area contributed by atoms with Crippen LogP contribution in [0.5, 0.6) is 0 Å². The summed E-state index contributed by atoms with van der Waals surface area (Å²) in [5.41, 5.74) is 2.89. The van der Waals surface area contributed by atoms with Gasteiger partial charge in [0.2, 0.25) is 0 Å². The maximum Gasteiger partial charge on any atom is 0.283 e. The highest BCUT2D eigenvalue weighted by Gasteiger charge is 2.21. The Labute approximate surface area is 183 Å². The number of hydrogen-bond donors (Lipinski definition) is 1. The molecule has 0 bridgehead atoms. The van der Waals surface area contributed by atoms with Crippen LogP contribution < -0.4 is 5.32 Å². The number of nitro groups is 1. The Balaban J connectivity index is 1.65. The van der Waals surface area contributed by atoms with Gasteiger partial charge in [0.1, 0.15) is 5.56 Å². The molecule has 0 aliphatic rings. The van der Waals surface area contributed by atoms with Gasteiger partial charge in [-0.3, -0.25) is 14.9 Å². The Hall–Kier alpha value is -3.97. The van der Waals surface area contributed by atoms with Crippen LogP contribution in [0.3, 0.4) is 0 Å². The van der Waals surface area contributed by atoms with Crippen LogP contribution in [0, 0.1) is 10.1 Å². The molecule has 4 rings (SSSR count). The van der Waals surface area contributed by atoms with Crippen LogP contribution in [0.4, 0.5) is 5.69 Å². The van der Waals surface area contributed by atoms with Crippen LogP contribution in [0.25, 0.3) is 16.9 Å². The molecule has 1 amide bonds. The fraction of sp³-hybridized carbons (Fsp3) is 0.0435. The molecule has 0 saturated heterocycles. The molecule has 0 saturated carbocycles. The van der Waals surface area contributed by atoms with Gasteiger partial charge in [-0.25, -0.2) is 4.68 Å². The third-order valence-electron chi connectivity index (χ3n) is 4.70. The molecule has 0 unspecified atom stereocenters. The largest absolute Gasteiger partial charge is 0.348 e. The molecule has 154 valence electrons. The maximum atomic E-state index is 12.7. The van der Waals surface area contributed by atoms with Crippen molar-refractivity contribution in [3.05, 3.63) is 111 Å². The van der Waals surface area contributed by atoms with E-state index in [1.165, 1.54) is 18.2 Å². The number of nitrogens with one attached hydrogen (secondary N) is 1. The number of rotatable bonds is 6. The molecule has 7 nitrogen and oxygen atoms in total. The van der Waals surface area contributed by atoms with Gasteiger partial charge in [-0.2, -0.15) is 5.10 Å². The number of halogens is 1. The summed E-state index contributed by atoms with van der Waals surface area (Å²) < 4.78 is 1.74. The van der Waals surface area contributed by atoms with Gasteiger partial charge in [-0.05, 0) is 24.3 Å². The van der Waals surface area contributed by atoms with Crippen LogP contribution in [0.1, 0.15) is 15.9 Å². The molecular formula is C23H17ClN4O3. The van der Waals surface area contributed by atoms with E-state index in [4.69, 9.17) is 16.7 Å². The molecule has 8 heteroatoms. The Bertz CT molecular complexity index is 1240. The normalized spacial score (nSPS) is 10.6. The number of hydrogen-bond acceptors (Lipinski definition) is 4. The van der Waals surface area contributed by atoms with Crippen molar-refractivity contribution in [2.45, 2.75) is 6.54 Å². The van der Waals surface area contributed by atoms with E-state index >= 15 is 0 Å². The lowest BCUT2D eigenvalue weighted by molar-refractivity contribution is -0.385. The number of carbonyl (C=O) groups is 1. The van der Waals surface area contributed by atoms with E-state index in [0.29, 0.717) is 0 Å². The summed E-state index contributed by atoms with van der Waals surface area (Å²) in [4.78, 5) is 23.4. The second kappa shape index (κ2) is 8.81.